The third-order valence-electron chi connectivity index (χ3n) is 2.48. The van der Waals surface area contributed by atoms with Gasteiger partial charge in [-0.2, -0.15) is 12.6 Å². The zero-order valence-corrected chi connectivity index (χ0v) is 10.4. The predicted octanol–water partition coefficient (Wildman–Crippen LogP) is 2.15. The Morgan fingerprint density at radius 3 is 2.75 bits per heavy atom. The number of hydrogen-bond acceptors (Lipinski definition) is 2. The minimum absolute atomic E-state index is 0.118. The highest BCUT2D eigenvalue weighted by atomic mass is 32.1. The van der Waals surface area contributed by atoms with Gasteiger partial charge in [-0.05, 0) is 17.7 Å². The Balaban J connectivity index is 2.73. The van der Waals surface area contributed by atoms with Crippen molar-refractivity contribution in [3.05, 3.63) is 35.6 Å². The average Bonchev–Trinajstić information content (AvgIpc) is 2.26. The number of halogens is 1. The van der Waals surface area contributed by atoms with Gasteiger partial charge in [0.15, 0.2) is 0 Å². The molecule has 1 amide bonds. The summed E-state index contributed by atoms with van der Waals surface area (Å²) in [5.74, 6) is -0.210. The van der Waals surface area contributed by atoms with Crippen LogP contribution in [-0.4, -0.2) is 18.2 Å². The first-order valence-electron chi connectivity index (χ1n) is 5.09. The zero-order chi connectivity index (χ0) is 12.2. The molecule has 0 heterocycles. The summed E-state index contributed by atoms with van der Waals surface area (Å²) in [6.45, 7) is 4.39. The van der Waals surface area contributed by atoms with E-state index in [4.69, 9.17) is 0 Å². The van der Waals surface area contributed by atoms with Gasteiger partial charge in [0, 0.05) is 12.0 Å². The van der Waals surface area contributed by atoms with Gasteiger partial charge in [-0.15, -0.1) is 0 Å². The summed E-state index contributed by atoms with van der Waals surface area (Å²) in [6, 6.07) is 6.43. The normalized spacial score (nSPS) is 11.2. The zero-order valence-electron chi connectivity index (χ0n) is 9.46. The molecule has 0 saturated heterocycles. The summed E-state index contributed by atoms with van der Waals surface area (Å²) < 4.78 is 13.1. The molecule has 1 aromatic carbocycles. The van der Waals surface area contributed by atoms with Gasteiger partial charge in [-0.25, -0.2) is 4.39 Å². The summed E-state index contributed by atoms with van der Waals surface area (Å²) in [5, 5.41) is 2.75. The van der Waals surface area contributed by atoms with Crippen LogP contribution in [0.1, 0.15) is 19.4 Å². The van der Waals surface area contributed by atoms with Crippen LogP contribution in [0, 0.1) is 5.82 Å². The lowest BCUT2D eigenvalue weighted by Gasteiger charge is -2.25. The molecule has 0 aliphatic rings. The fourth-order valence-corrected chi connectivity index (χ4v) is 1.50. The van der Waals surface area contributed by atoms with E-state index in [0.29, 0.717) is 6.54 Å². The molecule has 0 unspecified atom stereocenters. The van der Waals surface area contributed by atoms with Crippen molar-refractivity contribution in [3.63, 3.8) is 0 Å². The number of rotatable bonds is 4. The molecular formula is C12H16FNOS. The maximum Gasteiger partial charge on any atom is 0.229 e. The molecule has 0 bridgehead atoms. The van der Waals surface area contributed by atoms with Gasteiger partial charge < -0.3 is 5.32 Å². The molecule has 0 aromatic heterocycles. The third-order valence-corrected chi connectivity index (χ3v) is 2.76. The lowest BCUT2D eigenvalue weighted by atomic mass is 9.84. The van der Waals surface area contributed by atoms with Crippen LogP contribution < -0.4 is 5.32 Å². The standard InChI is InChI=1S/C12H16FNOS/c1-12(2,8-14-11(15)7-16)9-4-3-5-10(13)6-9/h3-6,16H,7-8H2,1-2H3,(H,14,15). The molecule has 0 aliphatic heterocycles. The van der Waals surface area contributed by atoms with E-state index in [-0.39, 0.29) is 22.9 Å². The highest BCUT2D eigenvalue weighted by molar-refractivity contribution is 7.81. The van der Waals surface area contributed by atoms with Crippen LogP contribution >= 0.6 is 12.6 Å². The van der Waals surface area contributed by atoms with Gasteiger partial charge in [0.1, 0.15) is 5.82 Å². The van der Waals surface area contributed by atoms with E-state index in [1.165, 1.54) is 12.1 Å². The summed E-state index contributed by atoms with van der Waals surface area (Å²) in [7, 11) is 0. The van der Waals surface area contributed by atoms with E-state index >= 15 is 0 Å². The Hall–Kier alpha value is -1.03. The molecule has 0 fully saturated rings. The molecule has 16 heavy (non-hydrogen) atoms. The second-order valence-electron chi connectivity index (χ2n) is 4.33. The largest absolute Gasteiger partial charge is 0.355 e. The molecule has 88 valence electrons. The van der Waals surface area contributed by atoms with Crippen molar-refractivity contribution >= 4 is 18.5 Å². The summed E-state index contributed by atoms with van der Waals surface area (Å²) >= 11 is 3.88. The van der Waals surface area contributed by atoms with Crippen LogP contribution in [0.3, 0.4) is 0 Å². The van der Waals surface area contributed by atoms with Gasteiger partial charge in [0.05, 0.1) is 5.75 Å². The molecule has 4 heteroatoms. The highest BCUT2D eigenvalue weighted by Gasteiger charge is 2.21. The molecule has 0 atom stereocenters. The molecule has 0 radical (unpaired) electrons. The Morgan fingerprint density at radius 1 is 1.50 bits per heavy atom. The van der Waals surface area contributed by atoms with Gasteiger partial charge in [0.25, 0.3) is 0 Å². The fourth-order valence-electron chi connectivity index (χ4n) is 1.39. The number of nitrogens with one attached hydrogen (secondary N) is 1. The van der Waals surface area contributed by atoms with E-state index < -0.39 is 0 Å². The lowest BCUT2D eigenvalue weighted by Crippen LogP contribution is -2.37. The van der Waals surface area contributed by atoms with E-state index in [0.717, 1.165) is 5.56 Å². The lowest BCUT2D eigenvalue weighted by molar-refractivity contribution is -0.118. The molecule has 1 rings (SSSR count). The Bertz CT molecular complexity index is 379. The number of carbonyl (C=O) groups is 1. The minimum atomic E-state index is -0.291. The van der Waals surface area contributed by atoms with Crippen molar-refractivity contribution in [2.24, 2.45) is 0 Å². The van der Waals surface area contributed by atoms with Crippen LogP contribution in [0.2, 0.25) is 0 Å². The smallest absolute Gasteiger partial charge is 0.229 e. The number of hydrogen-bond donors (Lipinski definition) is 2. The van der Waals surface area contributed by atoms with Gasteiger partial charge in [-0.3, -0.25) is 4.79 Å². The van der Waals surface area contributed by atoms with E-state index in [1.54, 1.807) is 6.07 Å². The van der Waals surface area contributed by atoms with Gasteiger partial charge in [0.2, 0.25) is 5.91 Å². The summed E-state index contributed by atoms with van der Waals surface area (Å²) in [4.78, 5) is 11.1. The molecule has 1 aromatic rings. The molecular weight excluding hydrogens is 225 g/mol. The Labute approximate surface area is 101 Å². The number of thiol groups is 1. The first kappa shape index (κ1) is 13.0. The molecule has 0 aliphatic carbocycles. The summed E-state index contributed by atoms with van der Waals surface area (Å²) in [6.07, 6.45) is 0. The molecule has 2 nitrogen and oxygen atoms in total. The molecule has 0 spiro atoms. The van der Waals surface area contributed by atoms with E-state index in [1.807, 2.05) is 19.9 Å². The predicted molar refractivity (Wildman–Crippen MR) is 66.3 cm³/mol. The highest BCUT2D eigenvalue weighted by Crippen LogP contribution is 2.22. The summed E-state index contributed by atoms with van der Waals surface area (Å²) in [5.41, 5.74) is 0.577. The van der Waals surface area contributed by atoms with Crippen LogP contribution in [-0.2, 0) is 10.2 Å². The van der Waals surface area contributed by atoms with Crippen LogP contribution in [0.4, 0.5) is 4.39 Å². The van der Waals surface area contributed by atoms with E-state index in [2.05, 4.69) is 17.9 Å². The van der Waals surface area contributed by atoms with Crippen molar-refractivity contribution < 1.29 is 9.18 Å². The fraction of sp³-hybridized carbons (Fsp3) is 0.417. The second kappa shape index (κ2) is 5.34. The third kappa shape index (κ3) is 3.52. The number of benzene rings is 1. The Morgan fingerprint density at radius 2 is 2.19 bits per heavy atom. The van der Waals surface area contributed by atoms with Gasteiger partial charge >= 0.3 is 0 Å². The first-order valence-corrected chi connectivity index (χ1v) is 5.72. The van der Waals surface area contributed by atoms with Crippen LogP contribution in [0.5, 0.6) is 0 Å². The SMILES string of the molecule is CC(C)(CNC(=O)CS)c1cccc(F)c1. The van der Waals surface area contributed by atoms with Crippen molar-refractivity contribution in [2.45, 2.75) is 19.3 Å². The van der Waals surface area contributed by atoms with Crippen molar-refractivity contribution in [1.29, 1.82) is 0 Å². The molecule has 0 saturated carbocycles. The van der Waals surface area contributed by atoms with Crippen molar-refractivity contribution in [1.82, 2.24) is 5.32 Å². The topological polar surface area (TPSA) is 29.1 Å². The maximum atomic E-state index is 13.1. The minimum Gasteiger partial charge on any atom is -0.355 e. The van der Waals surface area contributed by atoms with Crippen LogP contribution in [0.15, 0.2) is 24.3 Å². The molecule has 1 N–H and O–H groups in total. The first-order chi connectivity index (χ1) is 7.45. The van der Waals surface area contributed by atoms with Crippen molar-refractivity contribution in [3.8, 4) is 0 Å². The Kier molecular flexibility index (Phi) is 4.35. The van der Waals surface area contributed by atoms with Crippen molar-refractivity contribution in [2.75, 3.05) is 12.3 Å². The second-order valence-corrected chi connectivity index (χ2v) is 4.65. The quantitative estimate of drug-likeness (QED) is 0.777. The average molecular weight is 241 g/mol. The number of amides is 1. The monoisotopic (exact) mass is 241 g/mol. The van der Waals surface area contributed by atoms with Gasteiger partial charge in [-0.1, -0.05) is 26.0 Å². The number of carbonyl (C=O) groups excluding carboxylic acids is 1. The van der Waals surface area contributed by atoms with Crippen LogP contribution in [0.25, 0.3) is 0 Å². The maximum absolute atomic E-state index is 13.1. The van der Waals surface area contributed by atoms with E-state index in [9.17, 15) is 9.18 Å².